The van der Waals surface area contributed by atoms with E-state index in [1.54, 1.807) is 0 Å². The SMILES string of the molecule is O=C(C(=O)c1ccnc(NCc2ccccc2)c1)c1ccc(F)cc1.O=C(C(=O)c1ccnc(NCc2ccccc2)c1)c1ccc(F)cc1. The molecule has 6 aromatic rings. The summed E-state index contributed by atoms with van der Waals surface area (Å²) >= 11 is 0. The van der Waals surface area contributed by atoms with Gasteiger partial charge < -0.3 is 10.6 Å². The van der Waals surface area contributed by atoms with Gasteiger partial charge in [-0.25, -0.2) is 18.7 Å². The van der Waals surface area contributed by atoms with Crippen LogP contribution in [0.2, 0.25) is 0 Å². The summed E-state index contributed by atoms with van der Waals surface area (Å²) in [5.41, 5.74) is 2.93. The van der Waals surface area contributed by atoms with Crippen LogP contribution in [0, 0.1) is 11.6 Å². The summed E-state index contributed by atoms with van der Waals surface area (Å²) < 4.78 is 25.9. The van der Waals surface area contributed by atoms with E-state index in [4.69, 9.17) is 0 Å². The van der Waals surface area contributed by atoms with Crippen LogP contribution in [0.3, 0.4) is 0 Å². The van der Waals surface area contributed by atoms with Gasteiger partial charge in [0.25, 0.3) is 0 Å². The van der Waals surface area contributed by atoms with Crippen molar-refractivity contribution < 1.29 is 28.0 Å². The third kappa shape index (κ3) is 9.68. The summed E-state index contributed by atoms with van der Waals surface area (Å²) in [5, 5.41) is 6.24. The molecule has 6 rings (SSSR count). The number of hydrogen-bond donors (Lipinski definition) is 2. The normalized spacial score (nSPS) is 10.3. The molecule has 0 amide bonds. The molecule has 0 aliphatic carbocycles. The molecule has 50 heavy (non-hydrogen) atoms. The number of pyridine rings is 2. The summed E-state index contributed by atoms with van der Waals surface area (Å²) in [6, 6.07) is 35.3. The Labute approximate surface area is 286 Å². The number of rotatable bonds is 12. The van der Waals surface area contributed by atoms with Gasteiger partial charge in [-0.05, 0) is 83.9 Å². The maximum Gasteiger partial charge on any atom is 0.233 e. The van der Waals surface area contributed by atoms with Crippen LogP contribution in [0.5, 0.6) is 0 Å². The van der Waals surface area contributed by atoms with Crippen LogP contribution >= 0.6 is 0 Å². The van der Waals surface area contributed by atoms with Gasteiger partial charge in [0.1, 0.15) is 23.3 Å². The number of hydrogen-bond acceptors (Lipinski definition) is 8. The predicted molar refractivity (Wildman–Crippen MR) is 186 cm³/mol. The van der Waals surface area contributed by atoms with E-state index in [0.717, 1.165) is 35.4 Å². The lowest BCUT2D eigenvalue weighted by atomic mass is 10.0. The average molecular weight is 669 g/mol. The average Bonchev–Trinajstić information content (AvgIpc) is 3.17. The van der Waals surface area contributed by atoms with Crippen molar-refractivity contribution in [3.8, 4) is 0 Å². The third-order valence-electron chi connectivity index (χ3n) is 7.30. The number of ketones is 4. The van der Waals surface area contributed by atoms with E-state index in [0.29, 0.717) is 24.7 Å². The summed E-state index contributed by atoms with van der Waals surface area (Å²) in [7, 11) is 0. The standard InChI is InChI=1S/2C20H15FN2O2/c2*21-17-8-6-15(7-9-17)19(24)20(25)16-10-11-22-18(12-16)23-13-14-4-2-1-3-5-14/h2*1-12H,13H2,(H,22,23). The molecule has 2 N–H and O–H groups in total. The molecule has 4 aromatic carbocycles. The molecular weight excluding hydrogens is 638 g/mol. The number of nitrogens with one attached hydrogen (secondary N) is 2. The summed E-state index contributed by atoms with van der Waals surface area (Å²) in [6.07, 6.45) is 2.94. The molecule has 0 unspecified atom stereocenters. The highest BCUT2D eigenvalue weighted by Crippen LogP contribution is 2.15. The number of Topliss-reactive ketones (excluding diaryl/α,β-unsaturated/α-hetero) is 4. The smallest absolute Gasteiger partial charge is 0.233 e. The molecule has 0 bridgehead atoms. The lowest BCUT2D eigenvalue weighted by molar-refractivity contribution is 0.0817. The largest absolute Gasteiger partial charge is 0.366 e. The third-order valence-corrected chi connectivity index (χ3v) is 7.30. The maximum atomic E-state index is 12.9. The van der Waals surface area contributed by atoms with E-state index in [-0.39, 0.29) is 22.3 Å². The highest BCUT2D eigenvalue weighted by Gasteiger charge is 2.20. The van der Waals surface area contributed by atoms with Gasteiger partial charge in [-0.1, -0.05) is 60.7 Å². The molecule has 0 atom stereocenters. The lowest BCUT2D eigenvalue weighted by Gasteiger charge is -2.07. The van der Waals surface area contributed by atoms with Crippen molar-refractivity contribution in [1.29, 1.82) is 0 Å². The minimum absolute atomic E-state index is 0.155. The highest BCUT2D eigenvalue weighted by atomic mass is 19.1. The predicted octanol–water partition coefficient (Wildman–Crippen LogP) is 7.80. The van der Waals surface area contributed by atoms with Crippen LogP contribution in [-0.4, -0.2) is 33.1 Å². The van der Waals surface area contributed by atoms with Crippen molar-refractivity contribution in [2.24, 2.45) is 0 Å². The number of benzene rings is 4. The minimum atomic E-state index is -0.680. The molecule has 2 aromatic heterocycles. The van der Waals surface area contributed by atoms with Crippen molar-refractivity contribution in [2.45, 2.75) is 13.1 Å². The first-order chi connectivity index (χ1) is 24.3. The first-order valence-corrected chi connectivity index (χ1v) is 15.4. The van der Waals surface area contributed by atoms with Gasteiger partial charge in [0.2, 0.25) is 23.1 Å². The van der Waals surface area contributed by atoms with Gasteiger partial charge in [0, 0.05) is 47.7 Å². The Morgan fingerprint density at radius 3 is 1.14 bits per heavy atom. The number of halogens is 2. The Morgan fingerprint density at radius 1 is 0.440 bits per heavy atom. The molecule has 0 radical (unpaired) electrons. The zero-order chi connectivity index (χ0) is 35.3. The first kappa shape index (κ1) is 34.6. The van der Waals surface area contributed by atoms with Crippen molar-refractivity contribution in [2.75, 3.05) is 10.6 Å². The van der Waals surface area contributed by atoms with Crippen LogP contribution in [0.25, 0.3) is 0 Å². The molecule has 248 valence electrons. The second-order valence-electron chi connectivity index (χ2n) is 10.9. The summed E-state index contributed by atoms with van der Waals surface area (Å²) in [6.45, 7) is 1.11. The second-order valence-corrected chi connectivity index (χ2v) is 10.9. The fraction of sp³-hybridized carbons (Fsp3) is 0.0500. The van der Waals surface area contributed by atoms with E-state index in [1.807, 2.05) is 60.7 Å². The molecule has 10 heteroatoms. The molecule has 8 nitrogen and oxygen atoms in total. The highest BCUT2D eigenvalue weighted by molar-refractivity contribution is 6.49. The molecule has 0 aliphatic rings. The van der Waals surface area contributed by atoms with E-state index in [9.17, 15) is 28.0 Å². The Morgan fingerprint density at radius 2 is 0.780 bits per heavy atom. The van der Waals surface area contributed by atoms with E-state index in [2.05, 4.69) is 20.6 Å². The van der Waals surface area contributed by atoms with Gasteiger partial charge in [-0.15, -0.1) is 0 Å². The minimum Gasteiger partial charge on any atom is -0.366 e. The van der Waals surface area contributed by atoms with Crippen LogP contribution in [0.1, 0.15) is 52.6 Å². The Balaban J connectivity index is 0.000000194. The van der Waals surface area contributed by atoms with E-state index >= 15 is 0 Å². The molecule has 0 spiro atoms. The molecular formula is C40H30F2N4O4. The monoisotopic (exact) mass is 668 g/mol. The number of aromatic nitrogens is 2. The molecule has 2 heterocycles. The first-order valence-electron chi connectivity index (χ1n) is 15.4. The van der Waals surface area contributed by atoms with Crippen molar-refractivity contribution >= 4 is 34.8 Å². The Hall–Kier alpha value is -6.68. The van der Waals surface area contributed by atoms with Crippen LogP contribution < -0.4 is 10.6 Å². The molecule has 0 saturated heterocycles. The lowest BCUT2D eigenvalue weighted by Crippen LogP contribution is -2.15. The molecule has 0 fully saturated rings. The number of nitrogens with zero attached hydrogens (tertiary/aromatic N) is 2. The van der Waals surface area contributed by atoms with Gasteiger partial charge in [0.15, 0.2) is 0 Å². The van der Waals surface area contributed by atoms with Crippen molar-refractivity contribution in [1.82, 2.24) is 9.97 Å². The molecule has 0 aliphatic heterocycles. The van der Waals surface area contributed by atoms with Crippen molar-refractivity contribution in [3.05, 3.63) is 191 Å². The van der Waals surface area contributed by atoms with Crippen LogP contribution in [-0.2, 0) is 13.1 Å². The molecule has 0 saturated carbocycles. The zero-order valence-corrected chi connectivity index (χ0v) is 26.6. The van der Waals surface area contributed by atoms with E-state index in [1.165, 1.54) is 60.9 Å². The fourth-order valence-electron chi connectivity index (χ4n) is 4.64. The van der Waals surface area contributed by atoms with Gasteiger partial charge in [-0.2, -0.15) is 0 Å². The van der Waals surface area contributed by atoms with E-state index < -0.39 is 34.8 Å². The van der Waals surface area contributed by atoms with Gasteiger partial charge in [-0.3, -0.25) is 19.2 Å². The quantitative estimate of drug-likeness (QED) is 0.100. The van der Waals surface area contributed by atoms with Gasteiger partial charge in [0.05, 0.1) is 0 Å². The number of carbonyl (C=O) groups excluding carboxylic acids is 4. The second kappa shape index (κ2) is 16.9. The summed E-state index contributed by atoms with van der Waals surface area (Å²) in [4.78, 5) is 57.5. The summed E-state index contributed by atoms with van der Waals surface area (Å²) in [5.74, 6) is -2.59. The number of anilines is 2. The number of carbonyl (C=O) groups is 4. The topological polar surface area (TPSA) is 118 Å². The van der Waals surface area contributed by atoms with Crippen LogP contribution in [0.15, 0.2) is 146 Å². The van der Waals surface area contributed by atoms with Crippen LogP contribution in [0.4, 0.5) is 20.4 Å². The van der Waals surface area contributed by atoms with Crippen molar-refractivity contribution in [3.63, 3.8) is 0 Å². The maximum absolute atomic E-state index is 12.9. The zero-order valence-electron chi connectivity index (χ0n) is 26.6. The Kier molecular flexibility index (Phi) is 11.7. The Bertz CT molecular complexity index is 1940. The fourth-order valence-corrected chi connectivity index (χ4v) is 4.64. The van der Waals surface area contributed by atoms with Gasteiger partial charge >= 0.3 is 0 Å².